The van der Waals surface area contributed by atoms with Crippen LogP contribution in [0.3, 0.4) is 0 Å². The number of amides is 2. The third-order valence-corrected chi connectivity index (χ3v) is 5.75. The standard InChI is InChI=1S/C24H22N2O3S/c1-2-13-26-23(27)22(30-24(26)28)16-18-17-25(21-12-7-6-11-20(18)21)14-8-15-29-19-9-4-3-5-10-19/h2-7,9-12,16-17H,1,8,13-15H2/b22-16-. The second-order valence-corrected chi connectivity index (χ2v) is 7.88. The van der Waals surface area contributed by atoms with Crippen molar-refractivity contribution in [2.75, 3.05) is 13.2 Å². The number of rotatable bonds is 8. The molecule has 2 heterocycles. The van der Waals surface area contributed by atoms with Gasteiger partial charge in [0.25, 0.3) is 11.1 Å². The Labute approximate surface area is 179 Å². The lowest BCUT2D eigenvalue weighted by atomic mass is 10.1. The molecule has 5 nitrogen and oxygen atoms in total. The number of carbonyl (C=O) groups excluding carboxylic acids is 2. The van der Waals surface area contributed by atoms with Crippen LogP contribution >= 0.6 is 11.8 Å². The average Bonchev–Trinajstić information content (AvgIpc) is 3.25. The van der Waals surface area contributed by atoms with Gasteiger partial charge in [-0.05, 0) is 42.5 Å². The van der Waals surface area contributed by atoms with Gasteiger partial charge in [-0.2, -0.15) is 0 Å². The van der Waals surface area contributed by atoms with Crippen LogP contribution in [0.25, 0.3) is 17.0 Å². The average molecular weight is 419 g/mol. The largest absolute Gasteiger partial charge is 0.494 e. The molecule has 0 N–H and O–H groups in total. The fourth-order valence-electron chi connectivity index (χ4n) is 3.44. The van der Waals surface area contributed by atoms with Crippen molar-refractivity contribution in [1.29, 1.82) is 0 Å². The summed E-state index contributed by atoms with van der Waals surface area (Å²) in [6.07, 6.45) is 6.26. The van der Waals surface area contributed by atoms with E-state index >= 15 is 0 Å². The van der Waals surface area contributed by atoms with E-state index in [1.807, 2.05) is 60.8 Å². The fraction of sp³-hybridized carbons (Fsp3) is 0.167. The zero-order chi connectivity index (χ0) is 20.9. The first-order valence-electron chi connectivity index (χ1n) is 9.79. The van der Waals surface area contributed by atoms with Crippen LogP contribution in [-0.4, -0.2) is 33.8 Å². The number of aryl methyl sites for hydroxylation is 1. The Balaban J connectivity index is 1.52. The summed E-state index contributed by atoms with van der Waals surface area (Å²) in [6.45, 7) is 5.25. The van der Waals surface area contributed by atoms with Crippen molar-refractivity contribution in [3.05, 3.63) is 83.9 Å². The zero-order valence-corrected chi connectivity index (χ0v) is 17.3. The van der Waals surface area contributed by atoms with Crippen molar-refractivity contribution in [3.8, 4) is 5.75 Å². The van der Waals surface area contributed by atoms with E-state index in [-0.39, 0.29) is 17.7 Å². The van der Waals surface area contributed by atoms with E-state index in [1.54, 1.807) is 6.08 Å². The molecule has 4 rings (SSSR count). The van der Waals surface area contributed by atoms with Crippen LogP contribution < -0.4 is 4.74 Å². The summed E-state index contributed by atoms with van der Waals surface area (Å²) in [5.74, 6) is 0.601. The molecule has 30 heavy (non-hydrogen) atoms. The molecule has 6 heteroatoms. The highest BCUT2D eigenvalue weighted by Crippen LogP contribution is 2.34. The summed E-state index contributed by atoms with van der Waals surface area (Å²) in [7, 11) is 0. The lowest BCUT2D eigenvalue weighted by molar-refractivity contribution is -0.122. The SMILES string of the molecule is C=CCN1C(=O)S/C(=C\c2cn(CCCOc3ccccc3)c3ccccc23)C1=O. The van der Waals surface area contributed by atoms with Gasteiger partial charge in [-0.25, -0.2) is 0 Å². The molecule has 0 saturated carbocycles. The van der Waals surface area contributed by atoms with Crippen LogP contribution in [0.2, 0.25) is 0 Å². The molecule has 1 aromatic heterocycles. The molecule has 2 aromatic carbocycles. The first-order chi connectivity index (χ1) is 14.7. The summed E-state index contributed by atoms with van der Waals surface area (Å²) in [5, 5.41) is 0.796. The van der Waals surface area contributed by atoms with Gasteiger partial charge in [0, 0.05) is 35.8 Å². The highest BCUT2D eigenvalue weighted by Gasteiger charge is 2.34. The summed E-state index contributed by atoms with van der Waals surface area (Å²) in [5.41, 5.74) is 2.02. The van der Waals surface area contributed by atoms with Gasteiger partial charge in [-0.15, -0.1) is 6.58 Å². The summed E-state index contributed by atoms with van der Waals surface area (Å²) in [6, 6.07) is 17.8. The fourth-order valence-corrected chi connectivity index (χ4v) is 4.28. The van der Waals surface area contributed by atoms with Crippen LogP contribution in [0.15, 0.2) is 78.4 Å². The number of imide groups is 1. The summed E-state index contributed by atoms with van der Waals surface area (Å²) in [4.78, 5) is 26.3. The molecule has 0 radical (unpaired) electrons. The van der Waals surface area contributed by atoms with Crippen LogP contribution in [-0.2, 0) is 11.3 Å². The molecule has 0 spiro atoms. The number of benzene rings is 2. The maximum atomic E-state index is 12.5. The van der Waals surface area contributed by atoms with Crippen LogP contribution in [0.5, 0.6) is 5.75 Å². The van der Waals surface area contributed by atoms with E-state index in [9.17, 15) is 9.59 Å². The Morgan fingerprint density at radius 3 is 2.60 bits per heavy atom. The van der Waals surface area contributed by atoms with Gasteiger partial charge in [0.1, 0.15) is 5.75 Å². The summed E-state index contributed by atoms with van der Waals surface area (Å²) < 4.78 is 7.96. The molecule has 3 aromatic rings. The Morgan fingerprint density at radius 1 is 1.03 bits per heavy atom. The zero-order valence-electron chi connectivity index (χ0n) is 16.5. The number of nitrogens with zero attached hydrogens (tertiary/aromatic N) is 2. The second kappa shape index (κ2) is 9.05. The molecule has 1 aliphatic rings. The summed E-state index contributed by atoms with van der Waals surface area (Å²) >= 11 is 0.975. The number of carbonyl (C=O) groups is 2. The van der Waals surface area contributed by atoms with Crippen molar-refractivity contribution in [1.82, 2.24) is 9.47 Å². The van der Waals surface area contributed by atoms with E-state index in [2.05, 4.69) is 17.2 Å². The number of hydrogen-bond acceptors (Lipinski definition) is 4. The highest BCUT2D eigenvalue weighted by atomic mass is 32.2. The Hall–Kier alpha value is -3.25. The van der Waals surface area contributed by atoms with Gasteiger partial charge < -0.3 is 9.30 Å². The van der Waals surface area contributed by atoms with Gasteiger partial charge in [0.15, 0.2) is 0 Å². The molecule has 1 saturated heterocycles. The number of fused-ring (bicyclic) bond motifs is 1. The van der Waals surface area contributed by atoms with E-state index in [0.29, 0.717) is 11.5 Å². The maximum Gasteiger partial charge on any atom is 0.293 e. The molecule has 152 valence electrons. The number of ether oxygens (including phenoxy) is 1. The first-order valence-corrected chi connectivity index (χ1v) is 10.6. The second-order valence-electron chi connectivity index (χ2n) is 6.89. The Morgan fingerprint density at radius 2 is 1.80 bits per heavy atom. The monoisotopic (exact) mass is 418 g/mol. The molecule has 0 atom stereocenters. The molecule has 0 unspecified atom stereocenters. The first kappa shape index (κ1) is 20.0. The topological polar surface area (TPSA) is 51.5 Å². The lowest BCUT2D eigenvalue weighted by Crippen LogP contribution is -2.27. The molecule has 0 bridgehead atoms. The maximum absolute atomic E-state index is 12.5. The van der Waals surface area contributed by atoms with Gasteiger partial charge in [0.05, 0.1) is 11.5 Å². The normalized spacial score (nSPS) is 15.3. The Bertz CT molecular complexity index is 1120. The third-order valence-electron chi connectivity index (χ3n) is 4.85. The quantitative estimate of drug-likeness (QED) is 0.282. The predicted molar refractivity (Wildman–Crippen MR) is 121 cm³/mol. The van der Waals surface area contributed by atoms with Gasteiger partial charge in [-0.3, -0.25) is 14.5 Å². The van der Waals surface area contributed by atoms with Crippen LogP contribution in [0.1, 0.15) is 12.0 Å². The smallest absolute Gasteiger partial charge is 0.293 e. The van der Waals surface area contributed by atoms with Gasteiger partial charge in [0.2, 0.25) is 0 Å². The lowest BCUT2D eigenvalue weighted by Gasteiger charge is -2.07. The van der Waals surface area contributed by atoms with Gasteiger partial charge in [-0.1, -0.05) is 42.5 Å². The minimum atomic E-state index is -0.266. The van der Waals surface area contributed by atoms with Crippen molar-refractivity contribution in [2.24, 2.45) is 0 Å². The van der Waals surface area contributed by atoms with Crippen molar-refractivity contribution in [2.45, 2.75) is 13.0 Å². The molecule has 0 aliphatic carbocycles. The van der Waals surface area contributed by atoms with E-state index in [1.165, 1.54) is 4.90 Å². The minimum Gasteiger partial charge on any atom is -0.494 e. The van der Waals surface area contributed by atoms with Crippen molar-refractivity contribution < 1.29 is 14.3 Å². The highest BCUT2D eigenvalue weighted by molar-refractivity contribution is 8.18. The van der Waals surface area contributed by atoms with Crippen molar-refractivity contribution in [3.63, 3.8) is 0 Å². The van der Waals surface area contributed by atoms with Crippen LogP contribution in [0.4, 0.5) is 4.79 Å². The van der Waals surface area contributed by atoms with Crippen LogP contribution in [0, 0.1) is 0 Å². The van der Waals surface area contributed by atoms with E-state index in [0.717, 1.165) is 46.9 Å². The Kier molecular flexibility index (Phi) is 6.05. The predicted octanol–water partition coefficient (Wildman–Crippen LogP) is 5.33. The molecule has 2 amide bonds. The molecule has 1 aliphatic heterocycles. The molecular formula is C24H22N2O3S. The third kappa shape index (κ3) is 4.19. The molecular weight excluding hydrogens is 396 g/mol. The van der Waals surface area contributed by atoms with E-state index < -0.39 is 0 Å². The number of hydrogen-bond donors (Lipinski definition) is 0. The number of para-hydroxylation sites is 2. The number of thioether (sulfide) groups is 1. The number of aromatic nitrogens is 1. The van der Waals surface area contributed by atoms with E-state index in [4.69, 9.17) is 4.74 Å². The molecule has 1 fully saturated rings. The minimum absolute atomic E-state index is 0.227. The van der Waals surface area contributed by atoms with Crippen molar-refractivity contribution >= 4 is 39.9 Å². The van der Waals surface area contributed by atoms with Gasteiger partial charge >= 0.3 is 0 Å².